The molecule has 5 heteroatoms. The van der Waals surface area contributed by atoms with E-state index in [2.05, 4.69) is 10.3 Å². The molecule has 0 saturated carbocycles. The van der Waals surface area contributed by atoms with Gasteiger partial charge in [-0.2, -0.15) is 0 Å². The largest absolute Gasteiger partial charge is 0.350 e. The monoisotopic (exact) mass is 399 g/mol. The molecule has 0 unspecified atom stereocenters. The van der Waals surface area contributed by atoms with Gasteiger partial charge in [-0.05, 0) is 48.2 Å². The summed E-state index contributed by atoms with van der Waals surface area (Å²) in [6.45, 7) is 2.33. The summed E-state index contributed by atoms with van der Waals surface area (Å²) in [6, 6.07) is 21.5. The normalized spacial score (nSPS) is 17.7. The molecule has 1 N–H and O–H groups in total. The van der Waals surface area contributed by atoms with Gasteiger partial charge in [0, 0.05) is 25.4 Å². The van der Waals surface area contributed by atoms with E-state index in [-0.39, 0.29) is 18.2 Å². The summed E-state index contributed by atoms with van der Waals surface area (Å²) in [5, 5.41) is 2.96. The van der Waals surface area contributed by atoms with Crippen molar-refractivity contribution in [3.8, 4) is 0 Å². The van der Waals surface area contributed by atoms with Crippen LogP contribution in [0.3, 0.4) is 0 Å². The first-order chi connectivity index (χ1) is 14.5. The maximum absolute atomic E-state index is 13.5. The van der Waals surface area contributed by atoms with E-state index in [1.807, 2.05) is 73.7 Å². The molecule has 1 aliphatic heterocycles. The molecule has 152 valence electrons. The molecule has 2 aromatic carbocycles. The Kier molecular flexibility index (Phi) is 5.36. The summed E-state index contributed by atoms with van der Waals surface area (Å²) in [4.78, 5) is 32.5. The van der Waals surface area contributed by atoms with Gasteiger partial charge in [-0.25, -0.2) is 0 Å². The number of aromatic nitrogens is 1. The van der Waals surface area contributed by atoms with Crippen LogP contribution in [0.25, 0.3) is 0 Å². The maximum Gasteiger partial charge on any atom is 0.238 e. The summed E-state index contributed by atoms with van der Waals surface area (Å²) >= 11 is 0. The van der Waals surface area contributed by atoms with Gasteiger partial charge in [0.05, 0.1) is 17.7 Å². The van der Waals surface area contributed by atoms with Gasteiger partial charge in [0.15, 0.2) is 0 Å². The Bertz CT molecular complexity index is 1080. The lowest BCUT2D eigenvalue weighted by molar-refractivity contribution is -0.129. The van der Waals surface area contributed by atoms with Crippen molar-refractivity contribution >= 4 is 17.5 Å². The van der Waals surface area contributed by atoms with Crippen molar-refractivity contribution in [3.05, 3.63) is 95.3 Å². The highest BCUT2D eigenvalue weighted by Gasteiger charge is 2.50. The summed E-state index contributed by atoms with van der Waals surface area (Å²) < 4.78 is 0. The van der Waals surface area contributed by atoms with Gasteiger partial charge in [0.1, 0.15) is 0 Å². The second-order valence-electron chi connectivity index (χ2n) is 7.90. The lowest BCUT2D eigenvalue weighted by Crippen LogP contribution is -2.44. The third-order valence-corrected chi connectivity index (χ3v) is 5.74. The maximum atomic E-state index is 13.5. The lowest BCUT2D eigenvalue weighted by atomic mass is 9.73. The van der Waals surface area contributed by atoms with Crippen molar-refractivity contribution in [1.29, 1.82) is 0 Å². The third-order valence-electron chi connectivity index (χ3n) is 5.74. The van der Waals surface area contributed by atoms with Crippen molar-refractivity contribution in [2.24, 2.45) is 0 Å². The predicted molar refractivity (Wildman–Crippen MR) is 117 cm³/mol. The van der Waals surface area contributed by atoms with Crippen LogP contribution in [0.2, 0.25) is 0 Å². The first-order valence-electron chi connectivity index (χ1n) is 10.1. The third kappa shape index (κ3) is 3.71. The van der Waals surface area contributed by atoms with Crippen molar-refractivity contribution in [3.63, 3.8) is 0 Å². The quantitative estimate of drug-likeness (QED) is 0.689. The number of para-hydroxylation sites is 1. The Morgan fingerprint density at radius 1 is 1.07 bits per heavy atom. The molecule has 1 aromatic heterocycles. The molecule has 0 bridgehead atoms. The fraction of sp³-hybridized carbons (Fsp3) is 0.240. The number of hydrogen-bond donors (Lipinski definition) is 1. The molecule has 0 aliphatic carbocycles. The number of benzene rings is 2. The van der Waals surface area contributed by atoms with E-state index < -0.39 is 5.41 Å². The van der Waals surface area contributed by atoms with Crippen LogP contribution in [0.1, 0.15) is 28.8 Å². The van der Waals surface area contributed by atoms with Crippen molar-refractivity contribution < 1.29 is 9.59 Å². The number of hydrogen-bond acceptors (Lipinski definition) is 3. The highest BCUT2D eigenvalue weighted by molar-refractivity contribution is 6.09. The first-order valence-corrected chi connectivity index (χ1v) is 10.1. The average molecular weight is 399 g/mol. The van der Waals surface area contributed by atoms with Crippen LogP contribution in [-0.4, -0.2) is 23.8 Å². The van der Waals surface area contributed by atoms with Gasteiger partial charge in [-0.1, -0.05) is 48.5 Å². The van der Waals surface area contributed by atoms with Crippen molar-refractivity contribution in [2.75, 3.05) is 11.9 Å². The minimum atomic E-state index is -0.920. The number of likely N-dealkylation sites (N-methyl/N-ethyl adjacent to an activating group) is 1. The fourth-order valence-electron chi connectivity index (χ4n) is 4.29. The van der Waals surface area contributed by atoms with Crippen LogP contribution in [0, 0.1) is 6.92 Å². The second kappa shape index (κ2) is 8.11. The molecule has 2 heterocycles. The van der Waals surface area contributed by atoms with Crippen LogP contribution in [0.5, 0.6) is 0 Å². The average Bonchev–Trinajstić information content (AvgIpc) is 2.95. The van der Waals surface area contributed by atoms with Gasteiger partial charge >= 0.3 is 0 Å². The Hall–Kier alpha value is -3.47. The number of carbonyl (C=O) groups excluding carboxylic acids is 2. The van der Waals surface area contributed by atoms with E-state index >= 15 is 0 Å². The molecule has 0 spiro atoms. The highest BCUT2D eigenvalue weighted by atomic mass is 16.2. The van der Waals surface area contributed by atoms with E-state index in [9.17, 15) is 9.59 Å². The summed E-state index contributed by atoms with van der Waals surface area (Å²) in [5.74, 6) is -0.205. The number of fused-ring (bicyclic) bond motifs is 1. The molecule has 30 heavy (non-hydrogen) atoms. The highest BCUT2D eigenvalue weighted by Crippen LogP contribution is 2.45. The Balaban J connectivity index is 1.63. The van der Waals surface area contributed by atoms with Crippen LogP contribution in [0.4, 0.5) is 5.69 Å². The number of rotatable bonds is 6. The van der Waals surface area contributed by atoms with Gasteiger partial charge < -0.3 is 10.2 Å². The van der Waals surface area contributed by atoms with E-state index in [1.54, 1.807) is 18.1 Å². The Morgan fingerprint density at radius 2 is 1.80 bits per heavy atom. The van der Waals surface area contributed by atoms with Crippen LogP contribution in [0.15, 0.2) is 72.9 Å². The molecule has 0 fully saturated rings. The number of nitrogens with one attached hydrogen (secondary N) is 1. The van der Waals surface area contributed by atoms with Gasteiger partial charge in [-0.15, -0.1) is 0 Å². The minimum absolute atomic E-state index is 0.0450. The smallest absolute Gasteiger partial charge is 0.238 e. The standard InChI is InChI=1S/C25H25N3O2/c1-18-12-13-26-20(14-18)17-27-23(29)16-25(15-19-8-4-3-5-9-19)21-10-6-7-11-22(21)28(2)24(25)30/h3-14H,15-17H2,1-2H3,(H,27,29)/t25-/m1/s1. The molecule has 2 amide bonds. The number of amides is 2. The molecule has 0 radical (unpaired) electrons. The van der Waals surface area contributed by atoms with E-state index in [4.69, 9.17) is 0 Å². The minimum Gasteiger partial charge on any atom is -0.350 e. The molecule has 1 atom stereocenters. The van der Waals surface area contributed by atoms with Gasteiger partial charge in [0.25, 0.3) is 0 Å². The van der Waals surface area contributed by atoms with E-state index in [0.29, 0.717) is 13.0 Å². The van der Waals surface area contributed by atoms with Gasteiger partial charge in [-0.3, -0.25) is 14.6 Å². The second-order valence-corrected chi connectivity index (χ2v) is 7.90. The van der Waals surface area contributed by atoms with Crippen LogP contribution in [-0.2, 0) is 28.0 Å². The molecular weight excluding hydrogens is 374 g/mol. The van der Waals surface area contributed by atoms with E-state index in [1.165, 1.54) is 0 Å². The molecular formula is C25H25N3O2. The summed E-state index contributed by atoms with van der Waals surface area (Å²) in [7, 11) is 1.78. The summed E-state index contributed by atoms with van der Waals surface area (Å²) in [6.07, 6.45) is 2.30. The Morgan fingerprint density at radius 3 is 2.57 bits per heavy atom. The van der Waals surface area contributed by atoms with Crippen molar-refractivity contribution in [1.82, 2.24) is 10.3 Å². The van der Waals surface area contributed by atoms with Crippen LogP contribution < -0.4 is 10.2 Å². The topological polar surface area (TPSA) is 62.3 Å². The number of pyridine rings is 1. The first kappa shape index (κ1) is 19.8. The van der Waals surface area contributed by atoms with Crippen LogP contribution >= 0.6 is 0 Å². The number of anilines is 1. The zero-order valence-electron chi connectivity index (χ0n) is 17.3. The Labute approximate surface area is 176 Å². The zero-order chi connectivity index (χ0) is 21.1. The molecule has 4 rings (SSSR count). The zero-order valence-corrected chi connectivity index (χ0v) is 17.3. The van der Waals surface area contributed by atoms with Gasteiger partial charge in [0.2, 0.25) is 11.8 Å². The molecule has 1 aliphatic rings. The SMILES string of the molecule is Cc1ccnc(CNC(=O)C[C@@]2(Cc3ccccc3)C(=O)N(C)c3ccccc32)c1. The number of carbonyl (C=O) groups is 2. The van der Waals surface area contributed by atoms with E-state index in [0.717, 1.165) is 28.1 Å². The summed E-state index contributed by atoms with van der Waals surface area (Å²) in [5.41, 5.74) is 3.78. The molecule has 0 saturated heterocycles. The van der Waals surface area contributed by atoms with Crippen molar-refractivity contribution in [2.45, 2.75) is 31.7 Å². The predicted octanol–water partition coefficient (Wildman–Crippen LogP) is 3.55. The number of aryl methyl sites for hydroxylation is 1. The lowest BCUT2D eigenvalue weighted by Gasteiger charge is -2.28. The molecule has 5 nitrogen and oxygen atoms in total. The molecule has 3 aromatic rings. The number of nitrogens with zero attached hydrogens (tertiary/aromatic N) is 2. The fourth-order valence-corrected chi connectivity index (χ4v) is 4.29.